The maximum absolute atomic E-state index is 12.4. The molecule has 126 valence electrons. The molecule has 3 rings (SSSR count). The van der Waals surface area contributed by atoms with Crippen molar-refractivity contribution < 1.29 is 4.79 Å². The maximum Gasteiger partial charge on any atom is 0.222 e. The van der Waals surface area contributed by atoms with Gasteiger partial charge in [0.05, 0.1) is 0 Å². The molecule has 1 aliphatic heterocycles. The number of amides is 1. The van der Waals surface area contributed by atoms with E-state index in [4.69, 9.17) is 0 Å². The molecule has 0 bridgehead atoms. The van der Waals surface area contributed by atoms with Gasteiger partial charge in [0.2, 0.25) is 5.91 Å². The third-order valence-corrected chi connectivity index (χ3v) is 6.08. The van der Waals surface area contributed by atoms with E-state index in [0.717, 1.165) is 32.4 Å². The molecule has 4 heteroatoms. The molecular weight excluding hydrogens is 316 g/mol. The summed E-state index contributed by atoms with van der Waals surface area (Å²) < 4.78 is 0. The highest BCUT2D eigenvalue weighted by Gasteiger charge is 2.23. The SMILES string of the molecule is Cc1ccccc1SC1CCN(C(=O)CCc2ccncc2)CC1. The summed E-state index contributed by atoms with van der Waals surface area (Å²) in [7, 11) is 0. The summed E-state index contributed by atoms with van der Waals surface area (Å²) in [4.78, 5) is 19.8. The Morgan fingerprint density at radius 1 is 1.17 bits per heavy atom. The van der Waals surface area contributed by atoms with Gasteiger partial charge < -0.3 is 4.90 Å². The number of likely N-dealkylation sites (tertiary alicyclic amines) is 1. The van der Waals surface area contributed by atoms with Crippen LogP contribution >= 0.6 is 11.8 Å². The first kappa shape index (κ1) is 17.0. The number of hydrogen-bond acceptors (Lipinski definition) is 3. The lowest BCUT2D eigenvalue weighted by molar-refractivity contribution is -0.131. The standard InChI is InChI=1S/C20H24N2OS/c1-16-4-2-3-5-19(16)24-18-10-14-22(15-11-18)20(23)7-6-17-8-12-21-13-9-17/h2-5,8-9,12-13,18H,6-7,10-11,14-15H2,1H3. The number of aromatic nitrogens is 1. The second-order valence-corrected chi connectivity index (χ2v) is 7.66. The molecule has 0 atom stereocenters. The van der Waals surface area contributed by atoms with Gasteiger partial charge in [0.1, 0.15) is 0 Å². The van der Waals surface area contributed by atoms with Crippen LogP contribution in [0.5, 0.6) is 0 Å². The number of hydrogen-bond donors (Lipinski definition) is 0. The lowest BCUT2D eigenvalue weighted by atomic mass is 10.1. The zero-order valence-corrected chi connectivity index (χ0v) is 15.0. The maximum atomic E-state index is 12.4. The Morgan fingerprint density at radius 2 is 1.88 bits per heavy atom. The van der Waals surface area contributed by atoms with Crippen LogP contribution in [0.1, 0.15) is 30.4 Å². The minimum Gasteiger partial charge on any atom is -0.343 e. The molecule has 1 fully saturated rings. The third-order valence-electron chi connectivity index (χ3n) is 4.56. The summed E-state index contributed by atoms with van der Waals surface area (Å²) in [6.07, 6.45) is 7.14. The van der Waals surface area contributed by atoms with Crippen molar-refractivity contribution in [2.45, 2.75) is 42.8 Å². The highest BCUT2D eigenvalue weighted by atomic mass is 32.2. The van der Waals surface area contributed by atoms with Gasteiger partial charge in [-0.25, -0.2) is 0 Å². The number of piperidine rings is 1. The van der Waals surface area contributed by atoms with Crippen molar-refractivity contribution in [3.8, 4) is 0 Å². The van der Waals surface area contributed by atoms with Gasteiger partial charge in [0, 0.05) is 42.0 Å². The van der Waals surface area contributed by atoms with Gasteiger partial charge >= 0.3 is 0 Å². The van der Waals surface area contributed by atoms with Crippen LogP contribution in [0.25, 0.3) is 0 Å². The summed E-state index contributed by atoms with van der Waals surface area (Å²) in [6, 6.07) is 12.5. The summed E-state index contributed by atoms with van der Waals surface area (Å²) in [5.41, 5.74) is 2.53. The van der Waals surface area contributed by atoms with E-state index in [-0.39, 0.29) is 5.91 Å². The van der Waals surface area contributed by atoms with Crippen molar-refractivity contribution in [3.05, 3.63) is 59.9 Å². The van der Waals surface area contributed by atoms with Crippen LogP contribution in [0.2, 0.25) is 0 Å². The van der Waals surface area contributed by atoms with Crippen molar-refractivity contribution in [3.63, 3.8) is 0 Å². The third kappa shape index (κ3) is 4.60. The smallest absolute Gasteiger partial charge is 0.222 e. The predicted molar refractivity (Wildman–Crippen MR) is 99.2 cm³/mol. The summed E-state index contributed by atoms with van der Waals surface area (Å²) in [5, 5.41) is 0.621. The first-order valence-corrected chi connectivity index (χ1v) is 9.49. The van der Waals surface area contributed by atoms with Crippen LogP contribution in [0.3, 0.4) is 0 Å². The largest absolute Gasteiger partial charge is 0.343 e. The fraction of sp³-hybridized carbons (Fsp3) is 0.400. The molecule has 0 radical (unpaired) electrons. The van der Waals surface area contributed by atoms with Crippen molar-refractivity contribution in [2.75, 3.05) is 13.1 Å². The molecular formula is C20H24N2OS. The van der Waals surface area contributed by atoms with E-state index in [1.54, 1.807) is 12.4 Å². The van der Waals surface area contributed by atoms with Gasteiger partial charge in [0.15, 0.2) is 0 Å². The Bertz CT molecular complexity index is 666. The normalized spacial score (nSPS) is 15.5. The van der Waals surface area contributed by atoms with Gasteiger partial charge in [-0.3, -0.25) is 9.78 Å². The molecule has 2 aromatic rings. The lowest BCUT2D eigenvalue weighted by Crippen LogP contribution is -2.39. The molecule has 1 amide bonds. The molecule has 1 aromatic heterocycles. The van der Waals surface area contributed by atoms with Gasteiger partial charge in [-0.05, 0) is 55.5 Å². The number of nitrogens with zero attached hydrogens (tertiary/aromatic N) is 2. The van der Waals surface area contributed by atoms with Crippen LogP contribution in [0.15, 0.2) is 53.7 Å². The highest BCUT2D eigenvalue weighted by molar-refractivity contribution is 8.00. The summed E-state index contributed by atoms with van der Waals surface area (Å²) in [6.45, 7) is 3.94. The number of carbonyl (C=O) groups excluding carboxylic acids is 1. The molecule has 0 aliphatic carbocycles. The quantitative estimate of drug-likeness (QED) is 0.821. The van der Waals surface area contributed by atoms with E-state index in [9.17, 15) is 4.79 Å². The minimum absolute atomic E-state index is 0.283. The highest BCUT2D eigenvalue weighted by Crippen LogP contribution is 2.32. The summed E-state index contributed by atoms with van der Waals surface area (Å²) in [5.74, 6) is 0.283. The molecule has 0 saturated carbocycles. The number of carbonyl (C=O) groups is 1. The first-order valence-electron chi connectivity index (χ1n) is 8.61. The van der Waals surface area contributed by atoms with Crippen LogP contribution in [0.4, 0.5) is 0 Å². The van der Waals surface area contributed by atoms with Crippen LogP contribution in [-0.2, 0) is 11.2 Å². The number of pyridine rings is 1. The zero-order valence-electron chi connectivity index (χ0n) is 14.1. The predicted octanol–water partition coefficient (Wildman–Crippen LogP) is 4.11. The number of aryl methyl sites for hydroxylation is 2. The fourth-order valence-corrected chi connectivity index (χ4v) is 4.27. The van der Waals surface area contributed by atoms with Crippen LogP contribution in [0, 0.1) is 6.92 Å². The monoisotopic (exact) mass is 340 g/mol. The number of thioether (sulfide) groups is 1. The van der Waals surface area contributed by atoms with Crippen LogP contribution < -0.4 is 0 Å². The second-order valence-electron chi connectivity index (χ2n) is 6.32. The Kier molecular flexibility index (Phi) is 5.91. The van der Waals surface area contributed by atoms with Crippen molar-refractivity contribution in [1.29, 1.82) is 0 Å². The molecule has 0 spiro atoms. The topological polar surface area (TPSA) is 33.2 Å². The molecule has 0 N–H and O–H groups in total. The Balaban J connectivity index is 1.44. The lowest BCUT2D eigenvalue weighted by Gasteiger charge is -2.32. The van der Waals surface area contributed by atoms with Crippen molar-refractivity contribution in [2.24, 2.45) is 0 Å². The first-order chi connectivity index (χ1) is 11.7. The molecule has 1 aromatic carbocycles. The van der Waals surface area contributed by atoms with Crippen molar-refractivity contribution in [1.82, 2.24) is 9.88 Å². The van der Waals surface area contributed by atoms with E-state index in [2.05, 4.69) is 36.2 Å². The van der Waals surface area contributed by atoms with Crippen molar-refractivity contribution >= 4 is 17.7 Å². The summed E-state index contributed by atoms with van der Waals surface area (Å²) >= 11 is 1.97. The van der Waals surface area contributed by atoms with E-state index >= 15 is 0 Å². The zero-order chi connectivity index (χ0) is 16.8. The van der Waals surface area contributed by atoms with E-state index in [1.807, 2.05) is 28.8 Å². The number of benzene rings is 1. The van der Waals surface area contributed by atoms with Crippen LogP contribution in [-0.4, -0.2) is 34.1 Å². The van der Waals surface area contributed by atoms with E-state index in [0.29, 0.717) is 11.7 Å². The van der Waals surface area contributed by atoms with E-state index in [1.165, 1.54) is 16.0 Å². The van der Waals surface area contributed by atoms with E-state index < -0.39 is 0 Å². The fourth-order valence-electron chi connectivity index (χ4n) is 3.05. The van der Waals surface area contributed by atoms with Gasteiger partial charge in [-0.1, -0.05) is 18.2 Å². The number of rotatable bonds is 5. The Labute approximate surface area is 148 Å². The second kappa shape index (κ2) is 8.34. The Morgan fingerprint density at radius 3 is 2.58 bits per heavy atom. The molecule has 1 saturated heterocycles. The Hall–Kier alpha value is -1.81. The van der Waals surface area contributed by atoms with Gasteiger partial charge in [0.25, 0.3) is 0 Å². The average molecular weight is 340 g/mol. The van der Waals surface area contributed by atoms with Gasteiger partial charge in [-0.15, -0.1) is 11.8 Å². The molecule has 0 unspecified atom stereocenters. The molecule has 2 heterocycles. The van der Waals surface area contributed by atoms with Gasteiger partial charge in [-0.2, -0.15) is 0 Å². The molecule has 1 aliphatic rings. The molecule has 3 nitrogen and oxygen atoms in total. The average Bonchev–Trinajstić information content (AvgIpc) is 2.63. The molecule has 24 heavy (non-hydrogen) atoms. The minimum atomic E-state index is 0.283.